The third-order valence-corrected chi connectivity index (χ3v) is 4.39. The molecule has 1 atom stereocenters. The summed E-state index contributed by atoms with van der Waals surface area (Å²) in [6.45, 7) is 5.75. The molecule has 1 aromatic carbocycles. The highest BCUT2D eigenvalue weighted by molar-refractivity contribution is 5.75. The van der Waals surface area contributed by atoms with Crippen LogP contribution in [0.1, 0.15) is 44.6 Å². The average molecular weight is 290 g/mol. The van der Waals surface area contributed by atoms with E-state index >= 15 is 0 Å². The third kappa shape index (κ3) is 3.97. The van der Waals surface area contributed by atoms with E-state index in [1.165, 1.54) is 0 Å². The van der Waals surface area contributed by atoms with Gasteiger partial charge in [-0.05, 0) is 38.7 Å². The Morgan fingerprint density at radius 2 is 2.10 bits per heavy atom. The second-order valence-corrected chi connectivity index (χ2v) is 6.37. The van der Waals surface area contributed by atoms with Crippen LogP contribution < -0.4 is 5.32 Å². The number of nitrogens with zero attached hydrogens (tertiary/aromatic N) is 1. The highest BCUT2D eigenvalue weighted by atomic mass is 16.3. The van der Waals surface area contributed by atoms with E-state index in [-0.39, 0.29) is 24.1 Å². The molecule has 21 heavy (non-hydrogen) atoms. The topological polar surface area (TPSA) is 52.6 Å². The van der Waals surface area contributed by atoms with Crippen molar-refractivity contribution in [2.24, 2.45) is 0 Å². The number of likely N-dealkylation sites (tertiary alicyclic amines) is 1. The third-order valence-electron chi connectivity index (χ3n) is 4.39. The van der Waals surface area contributed by atoms with Crippen LogP contribution >= 0.6 is 0 Å². The lowest BCUT2D eigenvalue weighted by atomic mass is 9.96. The summed E-state index contributed by atoms with van der Waals surface area (Å²) >= 11 is 0. The summed E-state index contributed by atoms with van der Waals surface area (Å²) in [7, 11) is 0. The number of rotatable bonds is 5. The second kappa shape index (κ2) is 6.94. The van der Waals surface area contributed by atoms with E-state index in [0.29, 0.717) is 13.0 Å². The molecular formula is C17H26N2O2. The van der Waals surface area contributed by atoms with Crippen molar-refractivity contribution in [1.82, 2.24) is 10.2 Å². The fourth-order valence-corrected chi connectivity index (χ4v) is 3.06. The van der Waals surface area contributed by atoms with Gasteiger partial charge in [0.15, 0.2) is 0 Å². The van der Waals surface area contributed by atoms with Crippen molar-refractivity contribution < 1.29 is 9.90 Å². The van der Waals surface area contributed by atoms with Crippen LogP contribution in [0.15, 0.2) is 30.3 Å². The summed E-state index contributed by atoms with van der Waals surface area (Å²) in [6, 6.07) is 10.1. The fourth-order valence-electron chi connectivity index (χ4n) is 3.06. The Bertz CT molecular complexity index is 459. The molecule has 0 spiro atoms. The standard InChI is InChI=1S/C17H26N2O2/c1-17(2)10-6-11-19(17)16(21)18-13-15(9-12-20)14-7-4-3-5-8-14/h3-5,7-8,15,20H,6,9-13H2,1-2H3,(H,18,21). The Kier molecular flexibility index (Phi) is 5.23. The van der Waals surface area contributed by atoms with Crippen LogP contribution in [0, 0.1) is 0 Å². The van der Waals surface area contributed by atoms with Gasteiger partial charge in [-0.2, -0.15) is 0 Å². The van der Waals surface area contributed by atoms with Crippen molar-refractivity contribution >= 4 is 6.03 Å². The molecule has 0 radical (unpaired) electrons. The van der Waals surface area contributed by atoms with Crippen molar-refractivity contribution in [2.45, 2.75) is 44.6 Å². The first-order chi connectivity index (χ1) is 10.0. The zero-order valence-electron chi connectivity index (χ0n) is 13.0. The van der Waals surface area contributed by atoms with Gasteiger partial charge in [0.1, 0.15) is 0 Å². The lowest BCUT2D eigenvalue weighted by Crippen LogP contribution is -2.48. The number of carbonyl (C=O) groups excluding carboxylic acids is 1. The smallest absolute Gasteiger partial charge is 0.317 e. The van der Waals surface area contributed by atoms with Gasteiger partial charge < -0.3 is 15.3 Å². The molecule has 1 fully saturated rings. The minimum atomic E-state index is -0.0523. The number of aliphatic hydroxyl groups excluding tert-OH is 1. The van der Waals surface area contributed by atoms with E-state index in [1.807, 2.05) is 35.2 Å². The van der Waals surface area contributed by atoms with Gasteiger partial charge in [0.05, 0.1) is 0 Å². The molecule has 0 aromatic heterocycles. The largest absolute Gasteiger partial charge is 0.396 e. The number of amides is 2. The Balaban J connectivity index is 1.94. The predicted octanol–water partition coefficient (Wildman–Crippen LogP) is 2.74. The Hall–Kier alpha value is -1.55. The SMILES string of the molecule is CC1(C)CCCN1C(=O)NCC(CCO)c1ccccc1. The van der Waals surface area contributed by atoms with Gasteiger partial charge >= 0.3 is 6.03 Å². The summed E-state index contributed by atoms with van der Waals surface area (Å²) in [5.41, 5.74) is 1.11. The van der Waals surface area contributed by atoms with E-state index in [1.54, 1.807) is 0 Å². The Morgan fingerprint density at radius 3 is 2.67 bits per heavy atom. The molecule has 0 aliphatic carbocycles. The molecule has 1 heterocycles. The zero-order chi connectivity index (χ0) is 15.3. The zero-order valence-corrected chi connectivity index (χ0v) is 13.0. The van der Waals surface area contributed by atoms with E-state index in [2.05, 4.69) is 19.2 Å². The molecule has 1 saturated heterocycles. The monoisotopic (exact) mass is 290 g/mol. The number of carbonyl (C=O) groups is 1. The van der Waals surface area contributed by atoms with Crippen LogP contribution in [0.2, 0.25) is 0 Å². The maximum absolute atomic E-state index is 12.4. The average Bonchev–Trinajstić information content (AvgIpc) is 2.83. The van der Waals surface area contributed by atoms with Gasteiger partial charge in [-0.3, -0.25) is 0 Å². The molecule has 1 aromatic rings. The highest BCUT2D eigenvalue weighted by Gasteiger charge is 2.35. The molecule has 0 bridgehead atoms. The van der Waals surface area contributed by atoms with Crippen LogP contribution in [-0.2, 0) is 0 Å². The number of hydrogen-bond acceptors (Lipinski definition) is 2. The first-order valence-corrected chi connectivity index (χ1v) is 7.76. The van der Waals surface area contributed by atoms with Crippen molar-refractivity contribution in [3.63, 3.8) is 0 Å². The van der Waals surface area contributed by atoms with Gasteiger partial charge in [0.25, 0.3) is 0 Å². The van der Waals surface area contributed by atoms with Crippen molar-refractivity contribution in [1.29, 1.82) is 0 Å². The van der Waals surface area contributed by atoms with Crippen LogP contribution in [0.25, 0.3) is 0 Å². The summed E-state index contributed by atoms with van der Waals surface area (Å²) in [4.78, 5) is 14.3. The summed E-state index contributed by atoms with van der Waals surface area (Å²) in [5, 5.41) is 12.3. The molecule has 2 amide bonds. The second-order valence-electron chi connectivity index (χ2n) is 6.37. The Labute approximate surface area is 127 Å². The predicted molar refractivity (Wildman–Crippen MR) is 84.3 cm³/mol. The molecule has 4 heteroatoms. The molecule has 116 valence electrons. The fraction of sp³-hybridized carbons (Fsp3) is 0.588. The lowest BCUT2D eigenvalue weighted by molar-refractivity contribution is 0.164. The molecule has 4 nitrogen and oxygen atoms in total. The minimum absolute atomic E-state index is 0.0105. The summed E-state index contributed by atoms with van der Waals surface area (Å²) < 4.78 is 0. The van der Waals surface area contributed by atoms with E-state index in [0.717, 1.165) is 24.9 Å². The van der Waals surface area contributed by atoms with Gasteiger partial charge in [0.2, 0.25) is 0 Å². The minimum Gasteiger partial charge on any atom is -0.396 e. The van der Waals surface area contributed by atoms with Crippen LogP contribution in [-0.4, -0.2) is 41.3 Å². The van der Waals surface area contributed by atoms with Crippen molar-refractivity contribution in [3.05, 3.63) is 35.9 Å². The van der Waals surface area contributed by atoms with E-state index < -0.39 is 0 Å². The van der Waals surface area contributed by atoms with Crippen molar-refractivity contribution in [3.8, 4) is 0 Å². The molecule has 1 aliphatic heterocycles. The highest BCUT2D eigenvalue weighted by Crippen LogP contribution is 2.28. The molecule has 2 N–H and O–H groups in total. The maximum Gasteiger partial charge on any atom is 0.317 e. The summed E-state index contributed by atoms with van der Waals surface area (Å²) in [6.07, 6.45) is 2.78. The first kappa shape index (κ1) is 15.8. The van der Waals surface area contributed by atoms with Gasteiger partial charge in [-0.1, -0.05) is 30.3 Å². The summed E-state index contributed by atoms with van der Waals surface area (Å²) in [5.74, 6) is 0.158. The number of aliphatic hydroxyl groups is 1. The molecule has 0 saturated carbocycles. The Morgan fingerprint density at radius 1 is 1.38 bits per heavy atom. The quantitative estimate of drug-likeness (QED) is 0.876. The van der Waals surface area contributed by atoms with Gasteiger partial charge in [-0.15, -0.1) is 0 Å². The molecule has 1 aliphatic rings. The van der Waals surface area contributed by atoms with Crippen LogP contribution in [0.4, 0.5) is 4.79 Å². The molecule has 2 rings (SSSR count). The van der Waals surface area contributed by atoms with Gasteiger partial charge in [0, 0.05) is 31.2 Å². The van der Waals surface area contributed by atoms with Crippen LogP contribution in [0.5, 0.6) is 0 Å². The maximum atomic E-state index is 12.4. The number of benzene rings is 1. The number of hydrogen-bond donors (Lipinski definition) is 2. The van der Waals surface area contributed by atoms with E-state index in [9.17, 15) is 9.90 Å². The first-order valence-electron chi connectivity index (χ1n) is 7.76. The molecular weight excluding hydrogens is 264 g/mol. The normalized spacial score (nSPS) is 18.5. The lowest BCUT2D eigenvalue weighted by Gasteiger charge is -2.32. The molecule has 1 unspecified atom stereocenters. The van der Waals surface area contributed by atoms with Gasteiger partial charge in [-0.25, -0.2) is 4.79 Å². The van der Waals surface area contributed by atoms with Crippen molar-refractivity contribution in [2.75, 3.05) is 19.7 Å². The van der Waals surface area contributed by atoms with E-state index in [4.69, 9.17) is 0 Å². The number of nitrogens with one attached hydrogen (secondary N) is 1. The number of urea groups is 1. The van der Waals surface area contributed by atoms with Crippen LogP contribution in [0.3, 0.4) is 0 Å².